The number of benzene rings is 1. The van der Waals surface area contributed by atoms with E-state index in [9.17, 15) is 19.1 Å². The highest BCUT2D eigenvalue weighted by molar-refractivity contribution is 6.31. The Hall–Kier alpha value is -2.49. The van der Waals surface area contributed by atoms with Crippen molar-refractivity contribution in [2.24, 2.45) is 5.92 Å². The second kappa shape index (κ2) is 8.33. The van der Waals surface area contributed by atoms with Crippen LogP contribution in [0.5, 0.6) is 0 Å². The molecule has 1 aromatic heterocycles. The number of aliphatic hydroxyl groups excluding tert-OH is 1. The van der Waals surface area contributed by atoms with Gasteiger partial charge in [-0.3, -0.25) is 14.4 Å². The van der Waals surface area contributed by atoms with Crippen LogP contribution in [0.2, 0.25) is 5.02 Å². The van der Waals surface area contributed by atoms with Gasteiger partial charge in [-0.1, -0.05) is 11.6 Å². The average Bonchev–Trinajstić information content (AvgIpc) is 2.94. The standard InChI is InChI=1S/C20H23ClFN5O3/c1-25-9-12(5-7-28)10-27-17(11-25)18-16(24-27)4-6-26(19(18)29)20(30)23-13-2-3-15(22)14(21)8-13/h2-3,8,12,28H,4-7,9-11H2,1H3,(H,23,30). The number of hydrogen-bond donors (Lipinski definition) is 2. The Kier molecular flexibility index (Phi) is 5.77. The minimum atomic E-state index is -0.589. The molecule has 0 spiro atoms. The largest absolute Gasteiger partial charge is 0.396 e. The Morgan fingerprint density at radius 3 is 2.93 bits per heavy atom. The minimum absolute atomic E-state index is 0.106. The maximum absolute atomic E-state index is 13.3. The van der Waals surface area contributed by atoms with Crippen molar-refractivity contribution in [3.05, 3.63) is 46.0 Å². The van der Waals surface area contributed by atoms with Crippen LogP contribution < -0.4 is 5.32 Å². The molecule has 1 atom stereocenters. The van der Waals surface area contributed by atoms with Gasteiger partial charge in [-0.05, 0) is 37.6 Å². The third kappa shape index (κ3) is 3.92. The first kappa shape index (κ1) is 20.8. The van der Waals surface area contributed by atoms with E-state index in [1.165, 1.54) is 12.1 Å². The SMILES string of the molecule is CN1Cc2c3c(nn2CC(CCO)C1)CCN(C(=O)Nc1ccc(F)c(Cl)c1)C3=O. The number of aromatic nitrogens is 2. The summed E-state index contributed by atoms with van der Waals surface area (Å²) in [5, 5.41) is 16.5. The summed E-state index contributed by atoms with van der Waals surface area (Å²) in [6.45, 7) is 2.27. The molecule has 0 saturated carbocycles. The molecule has 30 heavy (non-hydrogen) atoms. The van der Waals surface area contributed by atoms with Crippen LogP contribution in [-0.2, 0) is 19.5 Å². The molecule has 4 rings (SSSR count). The summed E-state index contributed by atoms with van der Waals surface area (Å²) in [6, 6.07) is 3.26. The van der Waals surface area contributed by atoms with Gasteiger partial charge in [0, 0.05) is 44.9 Å². The van der Waals surface area contributed by atoms with E-state index in [0.29, 0.717) is 42.9 Å². The van der Waals surface area contributed by atoms with Crippen molar-refractivity contribution in [2.45, 2.75) is 25.9 Å². The van der Waals surface area contributed by atoms with E-state index < -0.39 is 17.8 Å². The zero-order valence-electron chi connectivity index (χ0n) is 16.6. The van der Waals surface area contributed by atoms with Gasteiger partial charge in [-0.15, -0.1) is 0 Å². The van der Waals surface area contributed by atoms with Crippen molar-refractivity contribution in [3.8, 4) is 0 Å². The monoisotopic (exact) mass is 435 g/mol. The van der Waals surface area contributed by atoms with Crippen molar-refractivity contribution in [1.29, 1.82) is 0 Å². The molecule has 2 aromatic rings. The first-order valence-corrected chi connectivity index (χ1v) is 10.2. The van der Waals surface area contributed by atoms with Gasteiger partial charge in [-0.2, -0.15) is 5.10 Å². The van der Waals surface area contributed by atoms with Crippen LogP contribution in [0, 0.1) is 11.7 Å². The molecule has 2 N–H and O–H groups in total. The lowest BCUT2D eigenvalue weighted by atomic mass is 10.0. The number of urea groups is 1. The van der Waals surface area contributed by atoms with Gasteiger partial charge in [0.15, 0.2) is 0 Å². The highest BCUT2D eigenvalue weighted by atomic mass is 35.5. The summed E-state index contributed by atoms with van der Waals surface area (Å²) in [5.41, 5.74) is 2.28. The van der Waals surface area contributed by atoms with Crippen molar-refractivity contribution < 1.29 is 19.1 Å². The van der Waals surface area contributed by atoms with Crippen LogP contribution in [0.1, 0.15) is 28.2 Å². The first-order valence-electron chi connectivity index (χ1n) is 9.83. The normalized spacial score (nSPS) is 19.3. The number of carbonyl (C=O) groups is 2. The Balaban J connectivity index is 1.57. The fourth-order valence-corrected chi connectivity index (χ4v) is 4.31. The van der Waals surface area contributed by atoms with Crippen LogP contribution in [0.25, 0.3) is 0 Å². The number of amides is 3. The number of nitrogens with one attached hydrogen (secondary N) is 1. The predicted molar refractivity (Wildman–Crippen MR) is 109 cm³/mol. The number of imide groups is 1. The van der Waals surface area contributed by atoms with Gasteiger partial charge < -0.3 is 15.3 Å². The number of halogens is 2. The summed E-state index contributed by atoms with van der Waals surface area (Å²) in [7, 11) is 1.97. The van der Waals surface area contributed by atoms with Crippen molar-refractivity contribution in [3.63, 3.8) is 0 Å². The van der Waals surface area contributed by atoms with Crippen LogP contribution in [-0.4, -0.2) is 63.4 Å². The Labute approximate surface area is 178 Å². The highest BCUT2D eigenvalue weighted by Crippen LogP contribution is 2.28. The molecule has 8 nitrogen and oxygen atoms in total. The van der Waals surface area contributed by atoms with E-state index in [2.05, 4.69) is 15.3 Å². The van der Waals surface area contributed by atoms with Crippen LogP contribution in [0.4, 0.5) is 14.9 Å². The maximum Gasteiger partial charge on any atom is 0.328 e. The third-order valence-electron chi connectivity index (χ3n) is 5.54. The van der Waals surface area contributed by atoms with Crippen LogP contribution in [0.15, 0.2) is 18.2 Å². The topological polar surface area (TPSA) is 90.7 Å². The number of rotatable bonds is 3. The maximum atomic E-state index is 13.3. The average molecular weight is 436 g/mol. The van der Waals surface area contributed by atoms with Gasteiger partial charge in [0.05, 0.1) is 22.0 Å². The van der Waals surface area contributed by atoms with Crippen molar-refractivity contribution >= 4 is 29.2 Å². The molecule has 2 aliphatic rings. The van der Waals surface area contributed by atoms with Gasteiger partial charge >= 0.3 is 6.03 Å². The molecule has 1 unspecified atom stereocenters. The Morgan fingerprint density at radius 1 is 1.40 bits per heavy atom. The van der Waals surface area contributed by atoms with Crippen LogP contribution in [0.3, 0.4) is 0 Å². The number of carbonyl (C=O) groups excluding carboxylic acids is 2. The molecule has 160 valence electrons. The fraction of sp³-hybridized carbons (Fsp3) is 0.450. The molecule has 3 heterocycles. The summed E-state index contributed by atoms with van der Waals surface area (Å²) >= 11 is 5.77. The zero-order valence-corrected chi connectivity index (χ0v) is 17.3. The van der Waals surface area contributed by atoms with Gasteiger partial charge in [0.25, 0.3) is 5.91 Å². The lowest BCUT2D eigenvalue weighted by Crippen LogP contribution is -2.44. The molecule has 0 saturated heterocycles. The van der Waals surface area contributed by atoms with E-state index >= 15 is 0 Å². The number of fused-ring (bicyclic) bond motifs is 3. The molecule has 0 radical (unpaired) electrons. The molecule has 1 aromatic carbocycles. The molecule has 0 bridgehead atoms. The third-order valence-corrected chi connectivity index (χ3v) is 5.83. The first-order chi connectivity index (χ1) is 14.4. The summed E-state index contributed by atoms with van der Waals surface area (Å²) in [4.78, 5) is 29.2. The number of aliphatic hydroxyl groups is 1. The molecule has 3 amide bonds. The highest BCUT2D eigenvalue weighted by Gasteiger charge is 2.36. The van der Waals surface area contributed by atoms with E-state index in [0.717, 1.165) is 23.2 Å². The molecule has 0 fully saturated rings. The predicted octanol–water partition coefficient (Wildman–Crippen LogP) is 2.35. The van der Waals surface area contributed by atoms with E-state index in [1.807, 2.05) is 11.7 Å². The summed E-state index contributed by atoms with van der Waals surface area (Å²) in [5.74, 6) is -0.739. The minimum Gasteiger partial charge on any atom is -0.396 e. The number of anilines is 1. The Bertz CT molecular complexity index is 995. The summed E-state index contributed by atoms with van der Waals surface area (Å²) < 4.78 is 15.2. The number of nitrogens with zero attached hydrogens (tertiary/aromatic N) is 4. The molecule has 2 aliphatic heterocycles. The van der Waals surface area contributed by atoms with Crippen molar-refractivity contribution in [2.75, 3.05) is 32.1 Å². The van der Waals surface area contributed by atoms with Gasteiger partial charge in [-0.25, -0.2) is 9.18 Å². The number of hydrogen-bond acceptors (Lipinski definition) is 5. The lowest BCUT2D eigenvalue weighted by Gasteiger charge is -2.26. The molecule has 10 heteroatoms. The smallest absolute Gasteiger partial charge is 0.328 e. The molecular weight excluding hydrogens is 413 g/mol. The van der Waals surface area contributed by atoms with E-state index in [1.54, 1.807) is 0 Å². The van der Waals surface area contributed by atoms with E-state index in [-0.39, 0.29) is 24.1 Å². The second-order valence-corrected chi connectivity index (χ2v) is 8.20. The van der Waals surface area contributed by atoms with Crippen LogP contribution >= 0.6 is 11.6 Å². The molecule has 0 aliphatic carbocycles. The van der Waals surface area contributed by atoms with Gasteiger partial charge in [0.1, 0.15) is 5.82 Å². The quantitative estimate of drug-likeness (QED) is 0.772. The molecular formula is C20H23ClFN5O3. The summed E-state index contributed by atoms with van der Waals surface area (Å²) in [6.07, 6.45) is 1.13. The fourth-order valence-electron chi connectivity index (χ4n) is 4.13. The Morgan fingerprint density at radius 2 is 2.20 bits per heavy atom. The van der Waals surface area contributed by atoms with Gasteiger partial charge in [0.2, 0.25) is 0 Å². The second-order valence-electron chi connectivity index (χ2n) is 7.79. The van der Waals surface area contributed by atoms with Crippen molar-refractivity contribution in [1.82, 2.24) is 19.6 Å². The van der Waals surface area contributed by atoms with E-state index in [4.69, 9.17) is 11.6 Å². The zero-order chi connectivity index (χ0) is 21.4. The lowest BCUT2D eigenvalue weighted by molar-refractivity contribution is 0.0796.